The number of benzene rings is 1. The van der Waals surface area contributed by atoms with E-state index in [9.17, 15) is 14.4 Å². The fourth-order valence-corrected chi connectivity index (χ4v) is 6.06. The Balaban J connectivity index is 1.53. The third kappa shape index (κ3) is 4.76. The summed E-state index contributed by atoms with van der Waals surface area (Å²) in [6, 6.07) is 7.44. The van der Waals surface area contributed by atoms with Gasteiger partial charge in [0.2, 0.25) is 17.7 Å². The van der Waals surface area contributed by atoms with E-state index in [0.717, 1.165) is 31.8 Å². The van der Waals surface area contributed by atoms with Crippen LogP contribution >= 0.6 is 22.9 Å². The van der Waals surface area contributed by atoms with Crippen molar-refractivity contribution in [1.82, 2.24) is 20.5 Å². The minimum Gasteiger partial charge on any atom is -0.486 e. The number of carbonyl (C=O) groups is 3. The highest BCUT2D eigenvalue weighted by molar-refractivity contribution is 7.19. The van der Waals surface area contributed by atoms with E-state index < -0.39 is 0 Å². The largest absolute Gasteiger partial charge is 0.486 e. The number of hydrogen-bond donors (Lipinski definition) is 2. The summed E-state index contributed by atoms with van der Waals surface area (Å²) in [7, 11) is 0. The van der Waals surface area contributed by atoms with Crippen molar-refractivity contribution in [2.75, 3.05) is 13.1 Å². The molecule has 8 nitrogen and oxygen atoms in total. The van der Waals surface area contributed by atoms with Gasteiger partial charge in [-0.05, 0) is 36.8 Å². The molecule has 4 heterocycles. The molecule has 2 N–H and O–H groups in total. The second-order valence-corrected chi connectivity index (χ2v) is 10.5. The van der Waals surface area contributed by atoms with E-state index in [1.165, 1.54) is 23.2 Å². The highest BCUT2D eigenvalue weighted by atomic mass is 35.5. The van der Waals surface area contributed by atoms with Crippen molar-refractivity contribution in [2.24, 2.45) is 0 Å². The first-order chi connectivity index (χ1) is 16.8. The first-order valence-corrected chi connectivity index (χ1v) is 12.6. The Hall–Kier alpha value is -3.01. The molecule has 2 fully saturated rings. The lowest BCUT2D eigenvalue weighted by Gasteiger charge is -2.24. The fourth-order valence-electron chi connectivity index (χ4n) is 4.65. The standard InChI is InChI=1S/C25H25ClN4O4S/c1-13-7-15(26)8-18(24(13)34-21-11-27-10-20(21)29-14(2)31)17-5-6-28-19-9-16(35-25(17)19)12-30-22(32)3-4-23(30)33/h5-9,20-21,27H,3-4,10-12H2,1-2H3,(H,29,31)/t20-,21+/m0/s1. The zero-order chi connectivity index (χ0) is 24.7. The van der Waals surface area contributed by atoms with Crippen LogP contribution in [0.1, 0.15) is 30.2 Å². The molecule has 2 atom stereocenters. The van der Waals surface area contributed by atoms with Gasteiger partial charge in [-0.2, -0.15) is 0 Å². The molecular formula is C25H25ClN4O4S. The number of amides is 3. The zero-order valence-electron chi connectivity index (χ0n) is 19.4. The lowest BCUT2D eigenvalue weighted by atomic mass is 10.0. The van der Waals surface area contributed by atoms with Crippen LogP contribution in [0.4, 0.5) is 0 Å². The number of fused-ring (bicyclic) bond motifs is 1. The Labute approximate surface area is 211 Å². The van der Waals surface area contributed by atoms with Crippen LogP contribution in [0.2, 0.25) is 5.02 Å². The topological polar surface area (TPSA) is 101 Å². The van der Waals surface area contributed by atoms with Gasteiger partial charge in [-0.1, -0.05) is 11.6 Å². The van der Waals surface area contributed by atoms with Gasteiger partial charge in [0.25, 0.3) is 0 Å². The molecule has 0 radical (unpaired) electrons. The second kappa shape index (κ2) is 9.56. The number of ether oxygens (including phenoxy) is 1. The molecule has 3 amide bonds. The molecule has 0 bridgehead atoms. The third-order valence-corrected chi connectivity index (χ3v) is 7.64. The van der Waals surface area contributed by atoms with Gasteiger partial charge < -0.3 is 15.4 Å². The molecule has 0 spiro atoms. The van der Waals surface area contributed by atoms with Crippen LogP contribution in [0.25, 0.3) is 21.3 Å². The first-order valence-electron chi connectivity index (χ1n) is 11.5. The van der Waals surface area contributed by atoms with E-state index in [-0.39, 0.29) is 49.3 Å². The number of likely N-dealkylation sites (tertiary alicyclic amines) is 1. The fraction of sp³-hybridized carbons (Fsp3) is 0.360. The summed E-state index contributed by atoms with van der Waals surface area (Å²) >= 11 is 7.97. The Morgan fingerprint density at radius 3 is 2.74 bits per heavy atom. The highest BCUT2D eigenvalue weighted by Crippen LogP contribution is 2.42. The van der Waals surface area contributed by atoms with Crippen molar-refractivity contribution in [2.45, 2.75) is 45.4 Å². The number of imide groups is 1. The molecule has 10 heteroatoms. The van der Waals surface area contributed by atoms with Crippen molar-refractivity contribution < 1.29 is 19.1 Å². The summed E-state index contributed by atoms with van der Waals surface area (Å²) in [5, 5.41) is 6.82. The maximum atomic E-state index is 12.1. The zero-order valence-corrected chi connectivity index (χ0v) is 21.0. The Bertz CT molecular complexity index is 1320. The molecule has 0 aliphatic carbocycles. The highest BCUT2D eigenvalue weighted by Gasteiger charge is 2.32. The van der Waals surface area contributed by atoms with Crippen LogP contribution in [0, 0.1) is 6.92 Å². The van der Waals surface area contributed by atoms with Gasteiger partial charge in [-0.15, -0.1) is 11.3 Å². The number of nitrogens with zero attached hydrogens (tertiary/aromatic N) is 2. The van der Waals surface area contributed by atoms with Gasteiger partial charge in [0.15, 0.2) is 0 Å². The summed E-state index contributed by atoms with van der Waals surface area (Å²) < 4.78 is 7.43. The Morgan fingerprint density at radius 2 is 2.00 bits per heavy atom. The summed E-state index contributed by atoms with van der Waals surface area (Å²) in [6.07, 6.45) is 2.04. The number of aryl methyl sites for hydroxylation is 1. The lowest BCUT2D eigenvalue weighted by Crippen LogP contribution is -2.44. The lowest BCUT2D eigenvalue weighted by molar-refractivity contribution is -0.139. The normalized spacial score (nSPS) is 20.1. The van der Waals surface area contributed by atoms with Crippen molar-refractivity contribution in [3.63, 3.8) is 0 Å². The minimum absolute atomic E-state index is 0.0997. The van der Waals surface area contributed by atoms with E-state index >= 15 is 0 Å². The van der Waals surface area contributed by atoms with E-state index in [2.05, 4.69) is 15.6 Å². The van der Waals surface area contributed by atoms with Crippen molar-refractivity contribution in [1.29, 1.82) is 0 Å². The quantitative estimate of drug-likeness (QED) is 0.491. The predicted octanol–water partition coefficient (Wildman–Crippen LogP) is 3.43. The van der Waals surface area contributed by atoms with Crippen molar-refractivity contribution in [3.8, 4) is 16.9 Å². The Morgan fingerprint density at radius 1 is 1.23 bits per heavy atom. The van der Waals surface area contributed by atoms with E-state index in [0.29, 0.717) is 23.9 Å². The summed E-state index contributed by atoms with van der Waals surface area (Å²) in [5.41, 5.74) is 3.41. The smallest absolute Gasteiger partial charge is 0.230 e. The monoisotopic (exact) mass is 512 g/mol. The summed E-state index contributed by atoms with van der Waals surface area (Å²) in [4.78, 5) is 42.6. The second-order valence-electron chi connectivity index (χ2n) is 8.88. The number of pyridine rings is 1. The number of nitrogens with one attached hydrogen (secondary N) is 2. The van der Waals surface area contributed by atoms with Gasteiger partial charge in [0.1, 0.15) is 11.9 Å². The van der Waals surface area contributed by atoms with Gasteiger partial charge in [-0.3, -0.25) is 24.3 Å². The molecule has 2 saturated heterocycles. The third-order valence-electron chi connectivity index (χ3n) is 6.28. The number of hydrogen-bond acceptors (Lipinski definition) is 7. The maximum absolute atomic E-state index is 12.1. The molecule has 35 heavy (non-hydrogen) atoms. The molecule has 0 unspecified atom stereocenters. The average molecular weight is 513 g/mol. The minimum atomic E-state index is -0.235. The van der Waals surface area contributed by atoms with E-state index in [1.54, 1.807) is 6.20 Å². The molecule has 182 valence electrons. The first kappa shape index (κ1) is 23.7. The molecular weight excluding hydrogens is 488 g/mol. The molecule has 1 aromatic carbocycles. The van der Waals surface area contributed by atoms with Crippen LogP contribution in [-0.4, -0.2) is 52.8 Å². The van der Waals surface area contributed by atoms with Crippen LogP contribution in [0.15, 0.2) is 30.5 Å². The van der Waals surface area contributed by atoms with Crippen molar-refractivity contribution in [3.05, 3.63) is 45.9 Å². The average Bonchev–Trinajstić information content (AvgIpc) is 3.50. The van der Waals surface area contributed by atoms with Crippen LogP contribution in [0.3, 0.4) is 0 Å². The maximum Gasteiger partial charge on any atom is 0.230 e. The number of thiophene rings is 1. The summed E-state index contributed by atoms with van der Waals surface area (Å²) in [5.74, 6) is 0.324. The molecule has 5 rings (SSSR count). The molecule has 0 saturated carbocycles. The van der Waals surface area contributed by atoms with Crippen molar-refractivity contribution >= 4 is 50.9 Å². The van der Waals surface area contributed by atoms with Gasteiger partial charge >= 0.3 is 0 Å². The molecule has 2 aliphatic rings. The van der Waals surface area contributed by atoms with Gasteiger partial charge in [-0.25, -0.2) is 0 Å². The van der Waals surface area contributed by atoms with Crippen LogP contribution in [0.5, 0.6) is 5.75 Å². The van der Waals surface area contributed by atoms with Crippen LogP contribution < -0.4 is 15.4 Å². The molecule has 2 aromatic heterocycles. The van der Waals surface area contributed by atoms with Crippen LogP contribution in [-0.2, 0) is 20.9 Å². The van der Waals surface area contributed by atoms with E-state index in [4.69, 9.17) is 16.3 Å². The van der Waals surface area contributed by atoms with E-state index in [1.807, 2.05) is 31.2 Å². The SMILES string of the molecule is CC(=O)N[C@H]1CNC[C@H]1Oc1c(C)cc(Cl)cc1-c1ccnc2cc(CN3C(=O)CCC3=O)sc12. The number of halogens is 1. The van der Waals surface area contributed by atoms with Gasteiger partial charge in [0, 0.05) is 60.1 Å². The summed E-state index contributed by atoms with van der Waals surface area (Å²) in [6.45, 7) is 4.94. The number of carbonyl (C=O) groups excluding carboxylic acids is 3. The predicted molar refractivity (Wildman–Crippen MR) is 134 cm³/mol. The Kier molecular flexibility index (Phi) is 6.48. The molecule has 3 aromatic rings. The van der Waals surface area contributed by atoms with Gasteiger partial charge in [0.05, 0.1) is 22.8 Å². The number of aromatic nitrogens is 1. The molecule has 2 aliphatic heterocycles. The number of rotatable bonds is 6.